The Morgan fingerprint density at radius 1 is 1.50 bits per heavy atom. The van der Waals surface area contributed by atoms with E-state index in [2.05, 4.69) is 22.1 Å². The maximum Gasteiger partial charge on any atom is 0.137 e. The molecule has 1 aliphatic carbocycles. The molecule has 3 unspecified atom stereocenters. The summed E-state index contributed by atoms with van der Waals surface area (Å²) in [6, 6.07) is 0. The number of rotatable bonds is 6. The SMILES string of the molecule is CCCCC(O)(Cc1ncn[nH]1)C1(Cl)C=CC=CC1Cl. The number of hydrogen-bond donors (Lipinski definition) is 2. The van der Waals surface area contributed by atoms with Gasteiger partial charge in [0, 0.05) is 6.42 Å². The van der Waals surface area contributed by atoms with Crippen molar-refractivity contribution in [2.75, 3.05) is 0 Å². The summed E-state index contributed by atoms with van der Waals surface area (Å²) in [6.45, 7) is 2.07. The fraction of sp³-hybridized carbons (Fsp3) is 0.571. The highest BCUT2D eigenvalue weighted by molar-refractivity contribution is 6.35. The molecule has 2 rings (SSSR count). The van der Waals surface area contributed by atoms with Crippen LogP contribution in [0.3, 0.4) is 0 Å². The molecule has 1 aliphatic rings. The fourth-order valence-corrected chi connectivity index (χ4v) is 3.15. The number of aromatic amines is 1. The van der Waals surface area contributed by atoms with E-state index in [4.69, 9.17) is 23.2 Å². The summed E-state index contributed by atoms with van der Waals surface area (Å²) >= 11 is 13.1. The third kappa shape index (κ3) is 2.92. The maximum atomic E-state index is 11.2. The number of aliphatic hydroxyl groups is 1. The van der Waals surface area contributed by atoms with Crippen LogP contribution in [-0.4, -0.2) is 36.1 Å². The van der Waals surface area contributed by atoms with Gasteiger partial charge < -0.3 is 5.11 Å². The largest absolute Gasteiger partial charge is 0.387 e. The van der Waals surface area contributed by atoms with Gasteiger partial charge in [-0.2, -0.15) is 5.10 Å². The average Bonchev–Trinajstić information content (AvgIpc) is 2.92. The van der Waals surface area contributed by atoms with Crippen LogP contribution in [0.25, 0.3) is 0 Å². The van der Waals surface area contributed by atoms with Crippen LogP contribution in [0.4, 0.5) is 0 Å². The quantitative estimate of drug-likeness (QED) is 0.793. The molecule has 0 saturated heterocycles. The minimum absolute atomic E-state index is 0.290. The zero-order valence-electron chi connectivity index (χ0n) is 11.4. The van der Waals surface area contributed by atoms with Gasteiger partial charge in [0.1, 0.15) is 17.0 Å². The molecule has 110 valence electrons. The number of unbranched alkanes of at least 4 members (excludes halogenated alkanes) is 1. The predicted molar refractivity (Wildman–Crippen MR) is 81.1 cm³/mol. The zero-order chi connectivity index (χ0) is 14.6. The van der Waals surface area contributed by atoms with Gasteiger partial charge in [-0.25, -0.2) is 4.98 Å². The third-order valence-electron chi connectivity index (χ3n) is 3.71. The van der Waals surface area contributed by atoms with Gasteiger partial charge in [0.05, 0.1) is 11.0 Å². The second kappa shape index (κ2) is 6.29. The number of hydrogen-bond acceptors (Lipinski definition) is 3. The summed E-state index contributed by atoms with van der Waals surface area (Å²) in [6.07, 6.45) is 11.3. The smallest absolute Gasteiger partial charge is 0.137 e. The number of halogens is 2. The minimum Gasteiger partial charge on any atom is -0.387 e. The number of nitrogens with zero attached hydrogens (tertiary/aromatic N) is 2. The van der Waals surface area contributed by atoms with Gasteiger partial charge in [0.25, 0.3) is 0 Å². The van der Waals surface area contributed by atoms with Crippen molar-refractivity contribution in [1.82, 2.24) is 15.2 Å². The zero-order valence-corrected chi connectivity index (χ0v) is 12.9. The molecule has 6 heteroatoms. The lowest BCUT2D eigenvalue weighted by atomic mass is 9.76. The van der Waals surface area contributed by atoms with E-state index in [0.717, 1.165) is 12.8 Å². The Kier molecular flexibility index (Phi) is 4.89. The summed E-state index contributed by atoms with van der Waals surface area (Å²) in [5, 5.41) is 17.3. The van der Waals surface area contributed by atoms with Crippen molar-refractivity contribution >= 4 is 23.2 Å². The molecule has 0 saturated carbocycles. The van der Waals surface area contributed by atoms with E-state index in [0.29, 0.717) is 12.2 Å². The van der Waals surface area contributed by atoms with Crippen LogP contribution in [0, 0.1) is 0 Å². The first-order chi connectivity index (χ1) is 9.52. The van der Waals surface area contributed by atoms with Gasteiger partial charge in [-0.15, -0.1) is 23.2 Å². The second-order valence-electron chi connectivity index (χ2n) is 5.16. The van der Waals surface area contributed by atoms with Gasteiger partial charge in [-0.05, 0) is 6.42 Å². The van der Waals surface area contributed by atoms with E-state index in [1.165, 1.54) is 6.33 Å². The first-order valence-corrected chi connectivity index (χ1v) is 7.59. The summed E-state index contributed by atoms with van der Waals surface area (Å²) in [7, 11) is 0. The Balaban J connectivity index is 2.30. The lowest BCUT2D eigenvalue weighted by molar-refractivity contribution is 0.00158. The number of nitrogens with one attached hydrogen (secondary N) is 1. The summed E-state index contributed by atoms with van der Waals surface area (Å²) in [5.41, 5.74) is -1.18. The van der Waals surface area contributed by atoms with Gasteiger partial charge in [-0.3, -0.25) is 5.10 Å². The first-order valence-electron chi connectivity index (χ1n) is 6.77. The Hall–Kier alpha value is -0.840. The average molecular weight is 316 g/mol. The van der Waals surface area contributed by atoms with Crippen LogP contribution in [-0.2, 0) is 6.42 Å². The van der Waals surface area contributed by atoms with Gasteiger partial charge in [0.15, 0.2) is 0 Å². The molecule has 0 spiro atoms. The number of aromatic nitrogens is 3. The Morgan fingerprint density at radius 2 is 2.30 bits per heavy atom. The van der Waals surface area contributed by atoms with Crippen molar-refractivity contribution in [2.45, 2.75) is 48.5 Å². The van der Waals surface area contributed by atoms with E-state index in [-0.39, 0.29) is 6.42 Å². The van der Waals surface area contributed by atoms with Crippen LogP contribution in [0.15, 0.2) is 30.6 Å². The Labute approximate surface area is 128 Å². The predicted octanol–water partition coefficient (Wildman–Crippen LogP) is 2.98. The van der Waals surface area contributed by atoms with E-state index < -0.39 is 15.9 Å². The molecule has 0 radical (unpaired) electrons. The summed E-state index contributed by atoms with van der Waals surface area (Å²) < 4.78 is 0. The monoisotopic (exact) mass is 315 g/mol. The molecular formula is C14H19Cl2N3O. The molecule has 0 aliphatic heterocycles. The van der Waals surface area contributed by atoms with E-state index in [9.17, 15) is 5.11 Å². The molecule has 1 heterocycles. The lowest BCUT2D eigenvalue weighted by Crippen LogP contribution is -2.56. The molecule has 3 atom stereocenters. The van der Waals surface area contributed by atoms with Gasteiger partial charge in [-0.1, -0.05) is 44.1 Å². The van der Waals surface area contributed by atoms with Gasteiger partial charge >= 0.3 is 0 Å². The van der Waals surface area contributed by atoms with Crippen molar-refractivity contribution < 1.29 is 5.11 Å². The van der Waals surface area contributed by atoms with Gasteiger partial charge in [0.2, 0.25) is 0 Å². The number of alkyl halides is 2. The van der Waals surface area contributed by atoms with E-state index >= 15 is 0 Å². The highest BCUT2D eigenvalue weighted by Crippen LogP contribution is 2.44. The molecular weight excluding hydrogens is 297 g/mol. The molecule has 1 aromatic heterocycles. The molecule has 20 heavy (non-hydrogen) atoms. The van der Waals surface area contributed by atoms with Crippen LogP contribution in [0.2, 0.25) is 0 Å². The van der Waals surface area contributed by atoms with E-state index in [1.54, 1.807) is 12.2 Å². The standard InChI is InChI=1S/C14H19Cl2N3O/c1-2-3-7-13(20,9-12-17-10-18-19-12)14(16)8-5-4-6-11(14)15/h4-6,8,10-11,20H,2-3,7,9H2,1H3,(H,17,18,19). The minimum atomic E-state index is -1.18. The van der Waals surface area contributed by atoms with Crippen LogP contribution < -0.4 is 0 Å². The van der Waals surface area contributed by atoms with Crippen LogP contribution in [0.5, 0.6) is 0 Å². The Morgan fingerprint density at radius 3 is 2.90 bits per heavy atom. The highest BCUT2D eigenvalue weighted by Gasteiger charge is 2.52. The van der Waals surface area contributed by atoms with Crippen LogP contribution in [0.1, 0.15) is 32.0 Å². The highest BCUT2D eigenvalue weighted by atomic mass is 35.5. The molecule has 4 nitrogen and oxygen atoms in total. The molecule has 0 amide bonds. The van der Waals surface area contributed by atoms with Crippen molar-refractivity contribution in [3.8, 4) is 0 Å². The van der Waals surface area contributed by atoms with Crippen molar-refractivity contribution in [2.24, 2.45) is 0 Å². The van der Waals surface area contributed by atoms with E-state index in [1.807, 2.05) is 12.2 Å². The molecule has 0 bridgehead atoms. The Bertz CT molecular complexity index is 489. The van der Waals surface area contributed by atoms with Crippen LogP contribution >= 0.6 is 23.2 Å². The molecule has 0 aromatic carbocycles. The number of H-pyrrole nitrogens is 1. The second-order valence-corrected chi connectivity index (χ2v) is 6.25. The van der Waals surface area contributed by atoms with Crippen molar-refractivity contribution in [3.05, 3.63) is 36.5 Å². The number of allylic oxidation sites excluding steroid dienone is 3. The summed E-state index contributed by atoms with van der Waals surface area (Å²) in [4.78, 5) is 3.04. The normalized spacial score (nSPS) is 28.5. The topological polar surface area (TPSA) is 61.8 Å². The summed E-state index contributed by atoms with van der Waals surface area (Å²) in [5.74, 6) is 0.607. The first kappa shape index (κ1) is 15.5. The molecule has 0 fully saturated rings. The lowest BCUT2D eigenvalue weighted by Gasteiger charge is -2.44. The van der Waals surface area contributed by atoms with Crippen molar-refractivity contribution in [1.29, 1.82) is 0 Å². The third-order valence-corrected chi connectivity index (χ3v) is 5.03. The molecule has 2 N–H and O–H groups in total. The fourth-order valence-electron chi connectivity index (χ4n) is 2.48. The maximum absolute atomic E-state index is 11.2. The molecule has 1 aromatic rings. The van der Waals surface area contributed by atoms with Crippen molar-refractivity contribution in [3.63, 3.8) is 0 Å².